The van der Waals surface area contributed by atoms with Crippen molar-refractivity contribution < 1.29 is 14.7 Å². The molecule has 0 saturated heterocycles. The maximum absolute atomic E-state index is 11.0. The average Bonchev–Trinajstić information content (AvgIpc) is 1.82. The Morgan fingerprint density at radius 2 is 2.08 bits per heavy atom. The van der Waals surface area contributed by atoms with Gasteiger partial charge in [-0.15, -0.1) is 0 Å². The van der Waals surface area contributed by atoms with E-state index in [-0.39, 0.29) is 16.8 Å². The van der Waals surface area contributed by atoms with Gasteiger partial charge in [0.05, 0.1) is 5.97 Å². The summed E-state index contributed by atoms with van der Waals surface area (Å²) in [6, 6.07) is 0. The first-order valence-corrected chi connectivity index (χ1v) is 3.85. The number of carboxylic acids is 1. The summed E-state index contributed by atoms with van der Waals surface area (Å²) in [6.07, 6.45) is 2.02. The van der Waals surface area contributed by atoms with Crippen molar-refractivity contribution in [3.05, 3.63) is 11.6 Å². The summed E-state index contributed by atoms with van der Waals surface area (Å²) in [5.74, 6) is -1.35. The zero-order valence-corrected chi connectivity index (χ0v) is 7.22. The molecule has 12 heavy (non-hydrogen) atoms. The molecule has 0 N–H and O–H groups in total. The van der Waals surface area contributed by atoms with Crippen LogP contribution in [0.1, 0.15) is 26.7 Å². The molecule has 3 heteroatoms. The van der Waals surface area contributed by atoms with Gasteiger partial charge in [0, 0.05) is 6.42 Å². The van der Waals surface area contributed by atoms with Crippen molar-refractivity contribution in [3.8, 4) is 0 Å². The smallest absolute Gasteiger partial charge is 0.156 e. The van der Waals surface area contributed by atoms with Crippen molar-refractivity contribution in [2.75, 3.05) is 0 Å². The number of carboxylic acid groups (broad SMARTS) is 1. The third-order valence-corrected chi connectivity index (χ3v) is 1.92. The van der Waals surface area contributed by atoms with E-state index in [1.807, 2.05) is 13.8 Å². The van der Waals surface area contributed by atoms with Gasteiger partial charge in [-0.25, -0.2) is 0 Å². The quantitative estimate of drug-likeness (QED) is 0.554. The molecule has 0 amide bonds. The molecule has 0 aromatic rings. The van der Waals surface area contributed by atoms with E-state index in [4.69, 9.17) is 0 Å². The second-order valence-electron chi connectivity index (χ2n) is 3.94. The lowest BCUT2D eigenvalue weighted by Gasteiger charge is -2.28. The molecule has 0 heterocycles. The highest BCUT2D eigenvalue weighted by molar-refractivity contribution is 5.99. The third-order valence-electron chi connectivity index (χ3n) is 1.92. The Morgan fingerprint density at radius 3 is 2.50 bits per heavy atom. The van der Waals surface area contributed by atoms with Gasteiger partial charge in [0.1, 0.15) is 0 Å². The van der Waals surface area contributed by atoms with Crippen LogP contribution in [-0.2, 0) is 9.59 Å². The van der Waals surface area contributed by atoms with Crippen molar-refractivity contribution in [3.63, 3.8) is 0 Å². The Labute approximate surface area is 71.1 Å². The standard InChI is InChI=1S/C9H12O3/c1-9(2)4-6(8(11)12)3-7(10)5-9/h3H,4-5H2,1-2H3,(H,11,12)/p-1. The van der Waals surface area contributed by atoms with Crippen molar-refractivity contribution >= 4 is 11.8 Å². The van der Waals surface area contributed by atoms with Crippen LogP contribution in [-0.4, -0.2) is 11.8 Å². The van der Waals surface area contributed by atoms with E-state index in [0.29, 0.717) is 12.8 Å². The fraction of sp³-hybridized carbons (Fsp3) is 0.556. The fourth-order valence-corrected chi connectivity index (χ4v) is 1.48. The van der Waals surface area contributed by atoms with Crippen LogP contribution in [0.4, 0.5) is 0 Å². The van der Waals surface area contributed by atoms with E-state index >= 15 is 0 Å². The average molecular weight is 167 g/mol. The van der Waals surface area contributed by atoms with Crippen LogP contribution < -0.4 is 5.11 Å². The predicted octanol–water partition coefficient (Wildman–Crippen LogP) is 0.0518. The maximum Gasteiger partial charge on any atom is 0.156 e. The van der Waals surface area contributed by atoms with E-state index in [0.717, 1.165) is 0 Å². The Bertz CT molecular complexity index is 261. The van der Waals surface area contributed by atoms with Crippen molar-refractivity contribution in [1.82, 2.24) is 0 Å². The zero-order chi connectivity index (χ0) is 9.35. The minimum absolute atomic E-state index is 0.120. The first-order valence-electron chi connectivity index (χ1n) is 3.85. The maximum atomic E-state index is 11.0. The van der Waals surface area contributed by atoms with Crippen LogP contribution in [0.5, 0.6) is 0 Å². The van der Waals surface area contributed by atoms with Gasteiger partial charge in [-0.3, -0.25) is 4.79 Å². The predicted molar refractivity (Wildman–Crippen MR) is 41.1 cm³/mol. The number of allylic oxidation sites excluding steroid dienone is 1. The molecule has 1 aliphatic rings. The Balaban J connectivity index is 2.91. The van der Waals surface area contributed by atoms with Crippen molar-refractivity contribution in [1.29, 1.82) is 0 Å². The summed E-state index contributed by atoms with van der Waals surface area (Å²) < 4.78 is 0. The second-order valence-corrected chi connectivity index (χ2v) is 3.94. The molecule has 0 radical (unpaired) electrons. The molecule has 3 nitrogen and oxygen atoms in total. The summed E-state index contributed by atoms with van der Waals surface area (Å²) in [5, 5.41) is 10.5. The minimum Gasteiger partial charge on any atom is -0.545 e. The number of ketones is 1. The molecule has 0 aromatic carbocycles. The number of aliphatic carboxylic acids is 1. The normalized spacial score (nSPS) is 21.8. The van der Waals surface area contributed by atoms with E-state index in [1.165, 1.54) is 6.08 Å². The van der Waals surface area contributed by atoms with Gasteiger partial charge in [0.25, 0.3) is 0 Å². The molecule has 0 atom stereocenters. The fourth-order valence-electron chi connectivity index (χ4n) is 1.48. The first kappa shape index (κ1) is 8.97. The van der Waals surface area contributed by atoms with Gasteiger partial charge in [-0.1, -0.05) is 13.8 Å². The Hall–Kier alpha value is -1.12. The molecule has 0 bridgehead atoms. The molecule has 0 fully saturated rings. The molecule has 66 valence electrons. The monoisotopic (exact) mass is 167 g/mol. The van der Waals surface area contributed by atoms with Gasteiger partial charge in [0.15, 0.2) is 5.78 Å². The topological polar surface area (TPSA) is 57.2 Å². The van der Waals surface area contributed by atoms with Crippen LogP contribution in [0.2, 0.25) is 0 Å². The number of rotatable bonds is 1. The van der Waals surface area contributed by atoms with Crippen molar-refractivity contribution in [2.24, 2.45) is 5.41 Å². The van der Waals surface area contributed by atoms with E-state index < -0.39 is 5.97 Å². The molecule has 1 rings (SSSR count). The molecule has 0 unspecified atom stereocenters. The summed E-state index contributed by atoms with van der Waals surface area (Å²) >= 11 is 0. The molecule has 0 aromatic heterocycles. The van der Waals surface area contributed by atoms with Crippen LogP contribution >= 0.6 is 0 Å². The zero-order valence-electron chi connectivity index (χ0n) is 7.22. The SMILES string of the molecule is CC1(C)CC(=O)C=C(C(=O)[O-])C1. The summed E-state index contributed by atoms with van der Waals surface area (Å²) in [7, 11) is 0. The molecular weight excluding hydrogens is 156 g/mol. The number of carbonyl (C=O) groups is 2. The first-order chi connectivity index (χ1) is 5.41. The highest BCUT2D eigenvalue weighted by Gasteiger charge is 2.27. The highest BCUT2D eigenvalue weighted by Crippen LogP contribution is 2.33. The van der Waals surface area contributed by atoms with Gasteiger partial charge in [-0.2, -0.15) is 0 Å². The largest absolute Gasteiger partial charge is 0.545 e. The third kappa shape index (κ3) is 1.94. The minimum atomic E-state index is -1.23. The summed E-state index contributed by atoms with van der Waals surface area (Å²) in [6.45, 7) is 3.75. The molecule has 0 aliphatic heterocycles. The van der Waals surface area contributed by atoms with Crippen molar-refractivity contribution in [2.45, 2.75) is 26.7 Å². The lowest BCUT2D eigenvalue weighted by molar-refractivity contribution is -0.299. The lowest BCUT2D eigenvalue weighted by atomic mass is 9.77. The van der Waals surface area contributed by atoms with E-state index in [1.54, 1.807) is 0 Å². The van der Waals surface area contributed by atoms with E-state index in [2.05, 4.69) is 0 Å². The molecular formula is C9H11O3-. The molecule has 0 spiro atoms. The second kappa shape index (κ2) is 2.73. The van der Waals surface area contributed by atoms with E-state index in [9.17, 15) is 14.7 Å². The van der Waals surface area contributed by atoms with Gasteiger partial charge >= 0.3 is 0 Å². The van der Waals surface area contributed by atoms with Crippen LogP contribution in [0.15, 0.2) is 11.6 Å². The molecule has 0 saturated carbocycles. The summed E-state index contributed by atoms with van der Waals surface area (Å²) in [5.41, 5.74) is -0.113. The van der Waals surface area contributed by atoms with Gasteiger partial charge < -0.3 is 9.90 Å². The van der Waals surface area contributed by atoms with Crippen LogP contribution in [0, 0.1) is 5.41 Å². The lowest BCUT2D eigenvalue weighted by Crippen LogP contribution is -2.31. The Kier molecular flexibility index (Phi) is 2.04. The van der Waals surface area contributed by atoms with Crippen LogP contribution in [0.3, 0.4) is 0 Å². The molecule has 1 aliphatic carbocycles. The number of hydrogen-bond donors (Lipinski definition) is 0. The van der Waals surface area contributed by atoms with Crippen LogP contribution in [0.25, 0.3) is 0 Å². The van der Waals surface area contributed by atoms with Gasteiger partial charge in [-0.05, 0) is 23.5 Å². The van der Waals surface area contributed by atoms with Gasteiger partial charge in [0.2, 0.25) is 0 Å². The highest BCUT2D eigenvalue weighted by atomic mass is 16.4. The summed E-state index contributed by atoms with van der Waals surface area (Å²) in [4.78, 5) is 21.5. The Morgan fingerprint density at radius 1 is 1.50 bits per heavy atom. The number of carbonyl (C=O) groups excluding carboxylic acids is 2. The number of hydrogen-bond acceptors (Lipinski definition) is 3.